The zero-order valence-corrected chi connectivity index (χ0v) is 13.6. The minimum absolute atomic E-state index is 0.139. The number of rotatable bonds is 8. The first-order valence-electron chi connectivity index (χ1n) is 8.33. The first-order valence-corrected chi connectivity index (χ1v) is 8.33. The summed E-state index contributed by atoms with van der Waals surface area (Å²) in [6, 6.07) is 10.2. The van der Waals surface area contributed by atoms with Gasteiger partial charge in [-0.15, -0.1) is 0 Å². The summed E-state index contributed by atoms with van der Waals surface area (Å²) in [5.41, 5.74) is 1.25. The lowest BCUT2D eigenvalue weighted by molar-refractivity contribution is -0.137. The molecule has 1 aromatic rings. The van der Waals surface area contributed by atoms with Gasteiger partial charge < -0.3 is 15.0 Å². The Bertz CT molecular complexity index is 428. The van der Waals surface area contributed by atoms with Gasteiger partial charge in [0.1, 0.15) is 6.61 Å². The maximum Gasteiger partial charge on any atom is 0.248 e. The highest BCUT2D eigenvalue weighted by Gasteiger charge is 2.22. The summed E-state index contributed by atoms with van der Waals surface area (Å²) in [5, 5.41) is 3.20. The molecular formula is C18H28N2O2. The Labute approximate surface area is 133 Å². The molecule has 1 aliphatic heterocycles. The lowest BCUT2D eigenvalue weighted by Crippen LogP contribution is -2.40. The first kappa shape index (κ1) is 17.0. The van der Waals surface area contributed by atoms with Crippen LogP contribution in [0, 0.1) is 5.92 Å². The Morgan fingerprint density at radius 2 is 2.00 bits per heavy atom. The van der Waals surface area contributed by atoms with Crippen LogP contribution in [0.2, 0.25) is 0 Å². The van der Waals surface area contributed by atoms with Gasteiger partial charge in [-0.3, -0.25) is 4.79 Å². The molecule has 0 unspecified atom stereocenters. The largest absolute Gasteiger partial charge is 0.371 e. The van der Waals surface area contributed by atoms with Gasteiger partial charge in [-0.1, -0.05) is 30.3 Å². The SMILES string of the molecule is CNCCC1CCN(C(=O)COCCc2ccccc2)CC1. The van der Waals surface area contributed by atoms with Crippen molar-refractivity contribution in [3.8, 4) is 0 Å². The maximum atomic E-state index is 12.1. The molecule has 0 aromatic heterocycles. The van der Waals surface area contributed by atoms with E-state index >= 15 is 0 Å². The number of nitrogens with one attached hydrogen (secondary N) is 1. The molecule has 4 heteroatoms. The molecule has 1 aromatic carbocycles. The summed E-state index contributed by atoms with van der Waals surface area (Å²) in [5.74, 6) is 0.899. The molecule has 1 N–H and O–H groups in total. The molecule has 2 rings (SSSR count). The van der Waals surface area contributed by atoms with Crippen molar-refractivity contribution in [2.75, 3.05) is 39.9 Å². The predicted octanol–water partition coefficient (Wildman–Crippen LogP) is 2.09. The monoisotopic (exact) mass is 304 g/mol. The number of benzene rings is 1. The summed E-state index contributed by atoms with van der Waals surface area (Å²) in [4.78, 5) is 14.1. The van der Waals surface area contributed by atoms with Crippen LogP contribution in [0.3, 0.4) is 0 Å². The van der Waals surface area contributed by atoms with Crippen LogP contribution >= 0.6 is 0 Å². The number of piperidine rings is 1. The van der Waals surface area contributed by atoms with Gasteiger partial charge in [-0.2, -0.15) is 0 Å². The molecule has 4 nitrogen and oxygen atoms in total. The minimum atomic E-state index is 0.139. The minimum Gasteiger partial charge on any atom is -0.371 e. The Morgan fingerprint density at radius 3 is 2.68 bits per heavy atom. The molecule has 1 fully saturated rings. The fourth-order valence-electron chi connectivity index (χ4n) is 2.90. The van der Waals surface area contributed by atoms with Gasteiger partial charge in [0.2, 0.25) is 5.91 Å². The Hall–Kier alpha value is -1.39. The van der Waals surface area contributed by atoms with Crippen LogP contribution in [0.5, 0.6) is 0 Å². The maximum absolute atomic E-state index is 12.1. The van der Waals surface area contributed by atoms with Crippen LogP contribution in [-0.4, -0.2) is 50.7 Å². The molecule has 22 heavy (non-hydrogen) atoms. The lowest BCUT2D eigenvalue weighted by atomic mass is 9.93. The van der Waals surface area contributed by atoms with Crippen molar-refractivity contribution in [3.05, 3.63) is 35.9 Å². The molecule has 0 atom stereocenters. The Morgan fingerprint density at radius 1 is 1.27 bits per heavy atom. The van der Waals surface area contributed by atoms with Gasteiger partial charge in [0, 0.05) is 13.1 Å². The quantitative estimate of drug-likeness (QED) is 0.748. The topological polar surface area (TPSA) is 41.6 Å². The second kappa shape index (κ2) is 9.59. The fourth-order valence-corrected chi connectivity index (χ4v) is 2.90. The predicted molar refractivity (Wildman–Crippen MR) is 88.8 cm³/mol. The summed E-state index contributed by atoms with van der Waals surface area (Å²) in [6.07, 6.45) is 4.32. The van der Waals surface area contributed by atoms with Crippen LogP contribution in [0.25, 0.3) is 0 Å². The normalized spacial score (nSPS) is 16.0. The van der Waals surface area contributed by atoms with E-state index in [4.69, 9.17) is 4.74 Å². The molecule has 0 spiro atoms. The number of carbonyl (C=O) groups is 1. The Balaban J connectivity index is 1.58. The van der Waals surface area contributed by atoms with E-state index in [1.165, 1.54) is 12.0 Å². The zero-order chi connectivity index (χ0) is 15.6. The van der Waals surface area contributed by atoms with E-state index in [1.54, 1.807) is 0 Å². The van der Waals surface area contributed by atoms with Gasteiger partial charge in [0.15, 0.2) is 0 Å². The number of ether oxygens (including phenoxy) is 1. The van der Waals surface area contributed by atoms with Gasteiger partial charge >= 0.3 is 0 Å². The van der Waals surface area contributed by atoms with Gasteiger partial charge in [0.05, 0.1) is 6.61 Å². The van der Waals surface area contributed by atoms with Gasteiger partial charge in [-0.25, -0.2) is 0 Å². The average molecular weight is 304 g/mol. The van der Waals surface area contributed by atoms with Crippen molar-refractivity contribution < 1.29 is 9.53 Å². The highest BCUT2D eigenvalue weighted by atomic mass is 16.5. The van der Waals surface area contributed by atoms with E-state index in [0.717, 1.165) is 44.8 Å². The molecule has 122 valence electrons. The summed E-state index contributed by atoms with van der Waals surface area (Å²) in [6.45, 7) is 3.66. The van der Waals surface area contributed by atoms with E-state index in [9.17, 15) is 4.79 Å². The van der Waals surface area contributed by atoms with Gasteiger partial charge in [-0.05, 0) is 50.8 Å². The smallest absolute Gasteiger partial charge is 0.248 e. The van der Waals surface area contributed by atoms with E-state index in [2.05, 4.69) is 17.4 Å². The summed E-state index contributed by atoms with van der Waals surface area (Å²) in [7, 11) is 1.99. The van der Waals surface area contributed by atoms with Crippen LogP contribution in [-0.2, 0) is 16.0 Å². The second-order valence-electron chi connectivity index (χ2n) is 6.00. The third-order valence-corrected chi connectivity index (χ3v) is 4.37. The molecule has 1 heterocycles. The molecule has 0 saturated carbocycles. The molecule has 1 saturated heterocycles. The summed E-state index contributed by atoms with van der Waals surface area (Å²) >= 11 is 0. The number of likely N-dealkylation sites (tertiary alicyclic amines) is 1. The standard InChI is InChI=1S/C18H28N2O2/c1-19-11-7-17-8-12-20(13-9-17)18(21)15-22-14-10-16-5-3-2-4-6-16/h2-6,17,19H,7-15H2,1H3. The number of hydrogen-bond donors (Lipinski definition) is 1. The van der Waals surface area contributed by atoms with Gasteiger partial charge in [0.25, 0.3) is 0 Å². The van der Waals surface area contributed by atoms with E-state index in [1.807, 2.05) is 30.1 Å². The molecule has 0 radical (unpaired) electrons. The Kier molecular flexibility index (Phi) is 7.40. The lowest BCUT2D eigenvalue weighted by Gasteiger charge is -2.32. The van der Waals surface area contributed by atoms with Crippen molar-refractivity contribution in [2.45, 2.75) is 25.7 Å². The zero-order valence-electron chi connectivity index (χ0n) is 13.6. The van der Waals surface area contributed by atoms with E-state index in [-0.39, 0.29) is 12.5 Å². The van der Waals surface area contributed by atoms with E-state index in [0.29, 0.717) is 6.61 Å². The third kappa shape index (κ3) is 5.78. The molecule has 0 bridgehead atoms. The molecular weight excluding hydrogens is 276 g/mol. The second-order valence-corrected chi connectivity index (χ2v) is 6.00. The molecule has 0 aliphatic carbocycles. The average Bonchev–Trinajstić information content (AvgIpc) is 2.58. The van der Waals surface area contributed by atoms with Crippen molar-refractivity contribution >= 4 is 5.91 Å². The number of carbonyl (C=O) groups excluding carboxylic acids is 1. The number of nitrogens with zero attached hydrogens (tertiary/aromatic N) is 1. The van der Waals surface area contributed by atoms with E-state index < -0.39 is 0 Å². The van der Waals surface area contributed by atoms with Crippen LogP contribution in [0.1, 0.15) is 24.8 Å². The summed E-state index contributed by atoms with van der Waals surface area (Å²) < 4.78 is 5.54. The first-order chi connectivity index (χ1) is 10.8. The molecule has 1 amide bonds. The highest BCUT2D eigenvalue weighted by Crippen LogP contribution is 2.20. The van der Waals surface area contributed by atoms with Crippen molar-refractivity contribution in [1.29, 1.82) is 0 Å². The fraction of sp³-hybridized carbons (Fsp3) is 0.611. The van der Waals surface area contributed by atoms with Crippen molar-refractivity contribution in [2.24, 2.45) is 5.92 Å². The van der Waals surface area contributed by atoms with Crippen LogP contribution in [0.4, 0.5) is 0 Å². The third-order valence-electron chi connectivity index (χ3n) is 4.37. The van der Waals surface area contributed by atoms with Crippen LogP contribution < -0.4 is 5.32 Å². The number of hydrogen-bond acceptors (Lipinski definition) is 3. The number of amides is 1. The van der Waals surface area contributed by atoms with Crippen molar-refractivity contribution in [3.63, 3.8) is 0 Å². The molecule has 1 aliphatic rings. The highest BCUT2D eigenvalue weighted by molar-refractivity contribution is 5.77. The van der Waals surface area contributed by atoms with Crippen LogP contribution in [0.15, 0.2) is 30.3 Å². The van der Waals surface area contributed by atoms with Crippen molar-refractivity contribution in [1.82, 2.24) is 10.2 Å².